The van der Waals surface area contributed by atoms with Gasteiger partial charge in [0.1, 0.15) is 0 Å². The second-order valence-electron chi connectivity index (χ2n) is 5.07. The van der Waals surface area contributed by atoms with Gasteiger partial charge < -0.3 is 9.26 Å². The lowest BCUT2D eigenvalue weighted by molar-refractivity contribution is 0.0523. The summed E-state index contributed by atoms with van der Waals surface area (Å²) in [7, 11) is 0. The molecule has 1 aromatic carbocycles. The van der Waals surface area contributed by atoms with Crippen molar-refractivity contribution in [1.82, 2.24) is 10.1 Å². The highest BCUT2D eigenvalue weighted by Gasteiger charge is 2.41. The summed E-state index contributed by atoms with van der Waals surface area (Å²) in [6.07, 6.45) is 2.47. The van der Waals surface area contributed by atoms with Crippen LogP contribution in [0, 0.1) is 0 Å². The Morgan fingerprint density at radius 3 is 2.50 bits per heavy atom. The Kier molecular flexibility index (Phi) is 3.76. The van der Waals surface area contributed by atoms with Crippen LogP contribution in [0.5, 0.6) is 0 Å². The minimum atomic E-state index is -0.247. The van der Waals surface area contributed by atoms with Crippen molar-refractivity contribution in [3.8, 4) is 0 Å². The molecule has 1 aliphatic rings. The van der Waals surface area contributed by atoms with Crippen molar-refractivity contribution in [2.24, 2.45) is 0 Å². The standard InChI is InChI=1S/C15H17ClN2O2/c1-2-13-17-14(20-18-13)15(7-9-19-10-8-15)11-3-5-12(16)6-4-11/h3-6H,2,7-10H2,1H3. The highest BCUT2D eigenvalue weighted by atomic mass is 35.5. The monoisotopic (exact) mass is 292 g/mol. The van der Waals surface area contributed by atoms with Gasteiger partial charge in [0.25, 0.3) is 0 Å². The first-order valence-corrected chi connectivity index (χ1v) is 7.29. The summed E-state index contributed by atoms with van der Waals surface area (Å²) in [6.45, 7) is 3.42. The third-order valence-electron chi connectivity index (χ3n) is 3.94. The molecule has 1 aromatic heterocycles. The molecule has 0 saturated carbocycles. The maximum atomic E-state index is 5.99. The summed E-state index contributed by atoms with van der Waals surface area (Å²) in [5.74, 6) is 1.44. The fourth-order valence-electron chi connectivity index (χ4n) is 2.71. The fourth-order valence-corrected chi connectivity index (χ4v) is 2.83. The second kappa shape index (κ2) is 5.54. The first kappa shape index (κ1) is 13.6. The topological polar surface area (TPSA) is 48.2 Å². The Hall–Kier alpha value is -1.39. The zero-order valence-electron chi connectivity index (χ0n) is 11.4. The normalized spacial score (nSPS) is 18.1. The van der Waals surface area contributed by atoms with Crippen molar-refractivity contribution in [2.45, 2.75) is 31.6 Å². The molecule has 4 nitrogen and oxygen atoms in total. The van der Waals surface area contributed by atoms with E-state index in [0.29, 0.717) is 19.1 Å². The summed E-state index contributed by atoms with van der Waals surface area (Å²) in [4.78, 5) is 4.56. The third-order valence-corrected chi connectivity index (χ3v) is 4.19. The number of ether oxygens (including phenoxy) is 1. The van der Waals surface area contributed by atoms with E-state index in [1.807, 2.05) is 31.2 Å². The minimum absolute atomic E-state index is 0.247. The summed E-state index contributed by atoms with van der Waals surface area (Å²) in [5, 5.41) is 4.78. The predicted octanol–water partition coefficient (Wildman–Crippen LogP) is 3.38. The highest BCUT2D eigenvalue weighted by molar-refractivity contribution is 6.30. The van der Waals surface area contributed by atoms with Crippen LogP contribution < -0.4 is 0 Å². The van der Waals surface area contributed by atoms with Gasteiger partial charge in [0.2, 0.25) is 5.89 Å². The van der Waals surface area contributed by atoms with Crippen LogP contribution in [0.2, 0.25) is 5.02 Å². The molecule has 0 radical (unpaired) electrons. The molecule has 5 heteroatoms. The Labute approximate surface area is 123 Å². The SMILES string of the molecule is CCc1noc(C2(c3ccc(Cl)cc3)CCOCC2)n1. The number of nitrogens with zero attached hydrogens (tertiary/aromatic N) is 2. The second-order valence-corrected chi connectivity index (χ2v) is 5.51. The van der Waals surface area contributed by atoms with Crippen LogP contribution in [0.15, 0.2) is 28.8 Å². The minimum Gasteiger partial charge on any atom is -0.381 e. The van der Waals surface area contributed by atoms with Gasteiger partial charge in [-0.05, 0) is 30.5 Å². The molecule has 20 heavy (non-hydrogen) atoms. The maximum Gasteiger partial charge on any atom is 0.237 e. The molecular weight excluding hydrogens is 276 g/mol. The lowest BCUT2D eigenvalue weighted by Crippen LogP contribution is -2.35. The van der Waals surface area contributed by atoms with Crippen LogP contribution in [-0.4, -0.2) is 23.4 Å². The van der Waals surface area contributed by atoms with Gasteiger partial charge in [-0.15, -0.1) is 0 Å². The van der Waals surface area contributed by atoms with Crippen LogP contribution in [0.1, 0.15) is 37.0 Å². The van der Waals surface area contributed by atoms with Gasteiger partial charge in [-0.2, -0.15) is 4.98 Å². The van der Waals surface area contributed by atoms with Gasteiger partial charge >= 0.3 is 0 Å². The average Bonchev–Trinajstić information content (AvgIpc) is 2.98. The first-order valence-electron chi connectivity index (χ1n) is 6.91. The average molecular weight is 293 g/mol. The molecule has 0 unspecified atom stereocenters. The van der Waals surface area contributed by atoms with Crippen LogP contribution in [-0.2, 0) is 16.6 Å². The molecule has 3 rings (SSSR count). The quantitative estimate of drug-likeness (QED) is 0.870. The molecule has 0 N–H and O–H groups in total. The van der Waals surface area contributed by atoms with E-state index in [1.54, 1.807) is 0 Å². The summed E-state index contributed by atoms with van der Waals surface area (Å²) >= 11 is 5.99. The van der Waals surface area contributed by atoms with E-state index in [2.05, 4.69) is 10.1 Å². The van der Waals surface area contributed by atoms with E-state index in [1.165, 1.54) is 0 Å². The molecule has 1 aliphatic heterocycles. The molecule has 0 bridgehead atoms. The van der Waals surface area contributed by atoms with Gasteiger partial charge in [0.05, 0.1) is 5.41 Å². The molecular formula is C15H17ClN2O2. The van der Waals surface area contributed by atoms with Gasteiger partial charge in [-0.25, -0.2) is 0 Å². The van der Waals surface area contributed by atoms with Crippen molar-refractivity contribution in [3.05, 3.63) is 46.6 Å². The Morgan fingerprint density at radius 1 is 1.20 bits per heavy atom. The summed E-state index contributed by atoms with van der Waals surface area (Å²) in [5.41, 5.74) is 0.917. The molecule has 0 spiro atoms. The third kappa shape index (κ3) is 2.34. The smallest absolute Gasteiger partial charge is 0.237 e. The number of hydrogen-bond acceptors (Lipinski definition) is 4. The van der Waals surface area contributed by atoms with E-state index < -0.39 is 0 Å². The first-order chi connectivity index (χ1) is 9.74. The van der Waals surface area contributed by atoms with Crippen molar-refractivity contribution in [2.75, 3.05) is 13.2 Å². The molecule has 0 aliphatic carbocycles. The number of rotatable bonds is 3. The number of aryl methyl sites for hydroxylation is 1. The molecule has 0 atom stereocenters. The van der Waals surface area contributed by atoms with Crippen LogP contribution in [0.4, 0.5) is 0 Å². The van der Waals surface area contributed by atoms with Gasteiger partial charge in [-0.3, -0.25) is 0 Å². The Balaban J connectivity index is 2.05. The van der Waals surface area contributed by atoms with E-state index in [0.717, 1.165) is 35.7 Å². The largest absolute Gasteiger partial charge is 0.381 e. The number of benzene rings is 1. The van der Waals surface area contributed by atoms with Crippen molar-refractivity contribution in [3.63, 3.8) is 0 Å². The Bertz CT molecular complexity index is 574. The van der Waals surface area contributed by atoms with Crippen LogP contribution in [0.25, 0.3) is 0 Å². The lowest BCUT2D eigenvalue weighted by atomic mass is 9.74. The van der Waals surface area contributed by atoms with Crippen LogP contribution >= 0.6 is 11.6 Å². The van der Waals surface area contributed by atoms with E-state index in [9.17, 15) is 0 Å². The Morgan fingerprint density at radius 2 is 1.90 bits per heavy atom. The predicted molar refractivity (Wildman–Crippen MR) is 76.0 cm³/mol. The lowest BCUT2D eigenvalue weighted by Gasteiger charge is -2.34. The van der Waals surface area contributed by atoms with Gasteiger partial charge in [-0.1, -0.05) is 35.8 Å². The maximum absolute atomic E-state index is 5.99. The van der Waals surface area contributed by atoms with Gasteiger partial charge in [0, 0.05) is 24.7 Å². The van der Waals surface area contributed by atoms with E-state index in [4.69, 9.17) is 20.9 Å². The van der Waals surface area contributed by atoms with E-state index >= 15 is 0 Å². The van der Waals surface area contributed by atoms with Crippen molar-refractivity contribution < 1.29 is 9.26 Å². The zero-order valence-corrected chi connectivity index (χ0v) is 12.2. The molecule has 106 valence electrons. The molecule has 2 aromatic rings. The number of aromatic nitrogens is 2. The fraction of sp³-hybridized carbons (Fsp3) is 0.467. The van der Waals surface area contributed by atoms with Crippen molar-refractivity contribution >= 4 is 11.6 Å². The van der Waals surface area contributed by atoms with Gasteiger partial charge in [0.15, 0.2) is 5.82 Å². The van der Waals surface area contributed by atoms with E-state index in [-0.39, 0.29) is 5.41 Å². The summed E-state index contributed by atoms with van der Waals surface area (Å²) < 4.78 is 11.0. The number of halogens is 1. The number of hydrogen-bond donors (Lipinski definition) is 0. The molecule has 0 amide bonds. The highest BCUT2D eigenvalue weighted by Crippen LogP contribution is 2.40. The zero-order chi connectivity index (χ0) is 14.0. The molecule has 1 saturated heterocycles. The van der Waals surface area contributed by atoms with Crippen LogP contribution in [0.3, 0.4) is 0 Å². The summed E-state index contributed by atoms with van der Waals surface area (Å²) in [6, 6.07) is 7.91. The molecule has 1 fully saturated rings. The molecule has 2 heterocycles. The van der Waals surface area contributed by atoms with Crippen molar-refractivity contribution in [1.29, 1.82) is 0 Å².